The van der Waals surface area contributed by atoms with Crippen LogP contribution in [0, 0.1) is 0 Å². The lowest BCUT2D eigenvalue weighted by Crippen LogP contribution is -2.24. The maximum atomic E-state index is 12.4. The minimum atomic E-state index is -3.94. The second-order valence-electron chi connectivity index (χ2n) is 5.13. The van der Waals surface area contributed by atoms with Crippen molar-refractivity contribution in [1.82, 2.24) is 0 Å². The second kappa shape index (κ2) is 6.60. The summed E-state index contributed by atoms with van der Waals surface area (Å²) in [6, 6.07) is 6.37. The number of benzene rings is 1. The van der Waals surface area contributed by atoms with E-state index < -0.39 is 19.2 Å². The van der Waals surface area contributed by atoms with E-state index >= 15 is 0 Å². The third kappa shape index (κ3) is 4.06. The van der Waals surface area contributed by atoms with E-state index in [1.807, 2.05) is 0 Å². The molecule has 1 aromatic carbocycles. The molecular weight excluding hydrogens is 295 g/mol. The Morgan fingerprint density at radius 3 is 2.86 bits per heavy atom. The van der Waals surface area contributed by atoms with E-state index in [0.717, 1.165) is 12.8 Å². The predicted octanol–water partition coefficient (Wildman–Crippen LogP) is 2.45. The van der Waals surface area contributed by atoms with Crippen molar-refractivity contribution in [1.29, 1.82) is 0 Å². The zero-order valence-corrected chi connectivity index (χ0v) is 12.7. The lowest BCUT2D eigenvalue weighted by atomic mass is 10.1. The van der Waals surface area contributed by atoms with E-state index in [4.69, 9.17) is 14.4 Å². The van der Waals surface area contributed by atoms with Crippen LogP contribution in [0.15, 0.2) is 24.3 Å². The number of para-hydroxylation sites is 1. The Kier molecular flexibility index (Phi) is 5.04. The molecule has 1 aromatic rings. The highest BCUT2D eigenvalue weighted by Gasteiger charge is 2.39. The maximum Gasteiger partial charge on any atom is 0.382 e. The number of carboxylic acid groups (broad SMARTS) is 1. The molecule has 1 saturated heterocycles. The summed E-state index contributed by atoms with van der Waals surface area (Å²) in [5.41, 5.74) is -0.281. The minimum Gasteiger partial charge on any atom is -0.481 e. The summed E-state index contributed by atoms with van der Waals surface area (Å²) in [6.45, 7) is 2.21. The molecule has 1 heterocycles. The Hall–Kier alpha value is -1.36. The Balaban J connectivity index is 2.15. The first-order chi connectivity index (χ1) is 9.90. The van der Waals surface area contributed by atoms with Gasteiger partial charge in [-0.05, 0) is 25.8 Å². The van der Waals surface area contributed by atoms with E-state index in [1.54, 1.807) is 25.1 Å². The van der Waals surface area contributed by atoms with Gasteiger partial charge in [0, 0.05) is 12.2 Å². The number of aliphatic carboxylic acids is 1. The molecule has 0 aliphatic carbocycles. The van der Waals surface area contributed by atoms with Crippen LogP contribution in [0.5, 0.6) is 5.75 Å². The smallest absolute Gasteiger partial charge is 0.382 e. The average molecular weight is 314 g/mol. The fourth-order valence-corrected chi connectivity index (χ4v) is 3.60. The van der Waals surface area contributed by atoms with Gasteiger partial charge in [-0.1, -0.05) is 18.2 Å². The molecule has 0 saturated carbocycles. The van der Waals surface area contributed by atoms with Gasteiger partial charge in [-0.2, -0.15) is 0 Å². The molecule has 0 spiro atoms. The number of carboxylic acids is 1. The highest BCUT2D eigenvalue weighted by Crippen LogP contribution is 2.51. The Bertz CT molecular complexity index is 552. The molecule has 1 fully saturated rings. The molecule has 0 aromatic heterocycles. The van der Waals surface area contributed by atoms with E-state index in [1.165, 1.54) is 6.07 Å². The van der Waals surface area contributed by atoms with Gasteiger partial charge < -0.3 is 19.3 Å². The van der Waals surface area contributed by atoms with Crippen molar-refractivity contribution < 1.29 is 28.6 Å². The summed E-state index contributed by atoms with van der Waals surface area (Å²) in [7, 11) is -3.94. The lowest BCUT2D eigenvalue weighted by Gasteiger charge is -2.24. The van der Waals surface area contributed by atoms with Gasteiger partial charge in [-0.3, -0.25) is 4.79 Å². The molecule has 0 bridgehead atoms. The molecule has 3 unspecified atom stereocenters. The summed E-state index contributed by atoms with van der Waals surface area (Å²) >= 11 is 0. The maximum absolute atomic E-state index is 12.4. The van der Waals surface area contributed by atoms with Gasteiger partial charge in [0.25, 0.3) is 0 Å². The topological polar surface area (TPSA) is 93.1 Å². The normalized spacial score (nSPS) is 22.5. The molecule has 21 heavy (non-hydrogen) atoms. The van der Waals surface area contributed by atoms with Gasteiger partial charge in [0.05, 0.1) is 18.2 Å². The molecular formula is C14H19O6P. The van der Waals surface area contributed by atoms with Crippen molar-refractivity contribution in [3.8, 4) is 5.75 Å². The third-order valence-electron chi connectivity index (χ3n) is 3.56. The van der Waals surface area contributed by atoms with Crippen molar-refractivity contribution in [3.63, 3.8) is 0 Å². The van der Waals surface area contributed by atoms with Gasteiger partial charge in [-0.25, -0.2) is 4.57 Å². The number of hydrogen-bond donors (Lipinski definition) is 2. The summed E-state index contributed by atoms with van der Waals surface area (Å²) in [4.78, 5) is 21.0. The largest absolute Gasteiger partial charge is 0.481 e. The van der Waals surface area contributed by atoms with Gasteiger partial charge in [0.1, 0.15) is 5.75 Å². The minimum absolute atomic E-state index is 0.135. The van der Waals surface area contributed by atoms with Crippen LogP contribution in [0.2, 0.25) is 0 Å². The number of rotatable bonds is 6. The summed E-state index contributed by atoms with van der Waals surface area (Å²) < 4.78 is 23.1. The highest BCUT2D eigenvalue weighted by molar-refractivity contribution is 7.54. The summed E-state index contributed by atoms with van der Waals surface area (Å²) in [5.74, 6) is -0.887. The Morgan fingerprint density at radius 2 is 2.24 bits per heavy atom. The van der Waals surface area contributed by atoms with E-state index in [0.29, 0.717) is 12.2 Å². The summed E-state index contributed by atoms with van der Waals surface area (Å²) in [5, 5.41) is 8.86. The van der Waals surface area contributed by atoms with Crippen molar-refractivity contribution in [2.24, 2.45) is 0 Å². The first-order valence-electron chi connectivity index (χ1n) is 6.83. The van der Waals surface area contributed by atoms with Crippen LogP contribution in [0.1, 0.15) is 25.3 Å². The molecule has 3 atom stereocenters. The number of hydrogen-bond acceptors (Lipinski definition) is 4. The van der Waals surface area contributed by atoms with Crippen molar-refractivity contribution in [2.75, 3.05) is 6.61 Å². The van der Waals surface area contributed by atoms with Crippen molar-refractivity contribution in [2.45, 2.75) is 37.9 Å². The van der Waals surface area contributed by atoms with E-state index in [9.17, 15) is 14.3 Å². The van der Waals surface area contributed by atoms with Crippen LogP contribution in [0.3, 0.4) is 0 Å². The fraction of sp³-hybridized carbons (Fsp3) is 0.500. The molecule has 1 aliphatic heterocycles. The Morgan fingerprint density at radius 1 is 1.52 bits per heavy atom. The summed E-state index contributed by atoms with van der Waals surface area (Å²) in [6.07, 6.45) is 1.04. The molecule has 116 valence electrons. The quantitative estimate of drug-likeness (QED) is 0.783. The standard InChI is InChI=1S/C14H19O6P/c1-10(12-7-4-8-19-12)21(17,18)20-13-6-3-2-5-11(13)9-14(15)16/h2-3,5-6,10,12H,4,7-9H2,1H3,(H,15,16)(H,17,18). The second-order valence-corrected chi connectivity index (χ2v) is 7.25. The monoisotopic (exact) mass is 314 g/mol. The van der Waals surface area contributed by atoms with Gasteiger partial charge in [0.15, 0.2) is 0 Å². The molecule has 1 aliphatic rings. The van der Waals surface area contributed by atoms with E-state index in [2.05, 4.69) is 0 Å². The molecule has 0 radical (unpaired) electrons. The van der Waals surface area contributed by atoms with Gasteiger partial charge in [0.2, 0.25) is 0 Å². The average Bonchev–Trinajstić information content (AvgIpc) is 2.93. The molecule has 2 N–H and O–H groups in total. The fourth-order valence-electron chi connectivity index (χ4n) is 2.32. The first-order valence-corrected chi connectivity index (χ1v) is 8.48. The van der Waals surface area contributed by atoms with Crippen LogP contribution in [-0.2, 0) is 20.5 Å². The zero-order chi connectivity index (χ0) is 15.5. The first kappa shape index (κ1) is 16.0. The Labute approximate surface area is 123 Å². The van der Waals surface area contributed by atoms with Crippen molar-refractivity contribution >= 4 is 13.6 Å². The molecule has 2 rings (SSSR count). The van der Waals surface area contributed by atoms with Crippen molar-refractivity contribution in [3.05, 3.63) is 29.8 Å². The van der Waals surface area contributed by atoms with Crippen LogP contribution in [0.25, 0.3) is 0 Å². The van der Waals surface area contributed by atoms with Crippen LogP contribution < -0.4 is 4.52 Å². The molecule has 0 amide bonds. The highest BCUT2D eigenvalue weighted by atomic mass is 31.2. The zero-order valence-electron chi connectivity index (χ0n) is 11.8. The number of ether oxygens (including phenoxy) is 1. The van der Waals surface area contributed by atoms with Crippen LogP contribution >= 0.6 is 7.60 Å². The van der Waals surface area contributed by atoms with Crippen LogP contribution in [0.4, 0.5) is 0 Å². The van der Waals surface area contributed by atoms with E-state index in [-0.39, 0.29) is 18.3 Å². The third-order valence-corrected chi connectivity index (χ3v) is 5.38. The molecule has 7 heteroatoms. The van der Waals surface area contributed by atoms with Crippen LogP contribution in [-0.4, -0.2) is 34.3 Å². The molecule has 6 nitrogen and oxygen atoms in total. The van der Waals surface area contributed by atoms with Gasteiger partial charge >= 0.3 is 13.6 Å². The predicted molar refractivity (Wildman–Crippen MR) is 76.7 cm³/mol. The van der Waals surface area contributed by atoms with Gasteiger partial charge in [-0.15, -0.1) is 0 Å². The SMILES string of the molecule is CC(C1CCCO1)P(=O)(O)Oc1ccccc1CC(=O)O. The number of carbonyl (C=O) groups is 1. The lowest BCUT2D eigenvalue weighted by molar-refractivity contribution is -0.136.